The molecule has 10 heteroatoms. The monoisotopic (exact) mass is 528 g/mol. The van der Waals surface area contributed by atoms with E-state index in [2.05, 4.69) is 52.2 Å². The van der Waals surface area contributed by atoms with Crippen LogP contribution in [0.25, 0.3) is 11.0 Å². The fourth-order valence-corrected chi connectivity index (χ4v) is 6.05. The van der Waals surface area contributed by atoms with Gasteiger partial charge in [0.25, 0.3) is 5.56 Å². The van der Waals surface area contributed by atoms with E-state index in [1.165, 1.54) is 11.3 Å². The van der Waals surface area contributed by atoms with Crippen LogP contribution in [0.5, 0.6) is 0 Å². The molecule has 1 saturated heterocycles. The smallest absolute Gasteiger partial charge is 0.278 e. The van der Waals surface area contributed by atoms with Gasteiger partial charge >= 0.3 is 0 Å². The van der Waals surface area contributed by atoms with Crippen LogP contribution < -0.4 is 21.1 Å². The molecule has 4 heterocycles. The molecule has 6 rings (SSSR count). The number of hydrogen-bond donors (Lipinski definition) is 3. The van der Waals surface area contributed by atoms with Gasteiger partial charge in [0.15, 0.2) is 5.65 Å². The number of benzene rings is 1. The molecule has 1 aliphatic carbocycles. The van der Waals surface area contributed by atoms with Gasteiger partial charge in [0.05, 0.1) is 12.3 Å². The highest BCUT2D eigenvalue weighted by Gasteiger charge is 2.41. The van der Waals surface area contributed by atoms with Crippen LogP contribution in [0.2, 0.25) is 0 Å². The Morgan fingerprint density at radius 2 is 2.13 bits per heavy atom. The van der Waals surface area contributed by atoms with Crippen molar-refractivity contribution in [2.45, 2.75) is 57.8 Å². The summed E-state index contributed by atoms with van der Waals surface area (Å²) < 4.78 is 3.47. The fraction of sp³-hybridized carbons (Fsp3) is 0.448. The molecule has 2 unspecified atom stereocenters. The summed E-state index contributed by atoms with van der Waals surface area (Å²) in [6, 6.07) is 6.28. The molecular weight excluding hydrogens is 492 g/mol. The number of aromatic nitrogens is 4. The second kappa shape index (κ2) is 10.1. The number of piperazine rings is 1. The molecule has 3 aromatic rings. The summed E-state index contributed by atoms with van der Waals surface area (Å²) in [6.45, 7) is 12.2. The third kappa shape index (κ3) is 4.47. The zero-order valence-corrected chi connectivity index (χ0v) is 22.7. The van der Waals surface area contributed by atoms with E-state index in [-0.39, 0.29) is 5.56 Å². The Bertz CT molecular complexity index is 1540. The van der Waals surface area contributed by atoms with E-state index < -0.39 is 11.8 Å². The molecule has 1 saturated carbocycles. The summed E-state index contributed by atoms with van der Waals surface area (Å²) in [5.74, 6) is 0.409. The molecule has 3 aliphatic rings. The summed E-state index contributed by atoms with van der Waals surface area (Å²) in [6.07, 6.45) is 7.76. The number of nitrogens with zero attached hydrogens (tertiary/aromatic N) is 6. The summed E-state index contributed by atoms with van der Waals surface area (Å²) in [5, 5.41) is 18.3. The number of aryl methyl sites for hydroxylation is 1. The number of hydrogen-bond acceptors (Lipinski definition) is 8. The third-order valence-corrected chi connectivity index (χ3v) is 8.20. The molecule has 2 aliphatic heterocycles. The fourth-order valence-electron chi connectivity index (χ4n) is 6.05. The minimum Gasteiger partial charge on any atom is -0.384 e. The molecule has 1 aromatic carbocycles. The number of dihydropyridines is 1. The Hall–Kier alpha value is -3.76. The van der Waals surface area contributed by atoms with Gasteiger partial charge in [-0.25, -0.2) is 14.3 Å². The van der Waals surface area contributed by atoms with E-state index in [1.807, 2.05) is 17.7 Å². The molecular formula is C29H36N8O2. The Morgan fingerprint density at radius 3 is 2.87 bits per heavy atom. The van der Waals surface area contributed by atoms with Gasteiger partial charge in [-0.1, -0.05) is 19.1 Å². The summed E-state index contributed by atoms with van der Waals surface area (Å²) in [7, 11) is 0. The van der Waals surface area contributed by atoms with Crippen LogP contribution in [-0.4, -0.2) is 61.9 Å². The predicted octanol–water partition coefficient (Wildman–Crippen LogP) is 3.45. The van der Waals surface area contributed by atoms with Crippen molar-refractivity contribution < 1.29 is 5.11 Å². The summed E-state index contributed by atoms with van der Waals surface area (Å²) in [5.41, 5.74) is 4.56. The number of aliphatic imine (C=N–C) groups is 1. The van der Waals surface area contributed by atoms with E-state index in [1.54, 1.807) is 17.0 Å². The van der Waals surface area contributed by atoms with Crippen molar-refractivity contribution in [1.29, 1.82) is 0 Å². The Labute approximate surface area is 227 Å². The first-order valence-electron chi connectivity index (χ1n) is 13.8. The highest BCUT2D eigenvalue weighted by Crippen LogP contribution is 2.39. The van der Waals surface area contributed by atoms with Gasteiger partial charge in [0.1, 0.15) is 17.2 Å². The van der Waals surface area contributed by atoms with Crippen LogP contribution in [0.15, 0.2) is 58.5 Å². The van der Waals surface area contributed by atoms with Crippen molar-refractivity contribution in [1.82, 2.24) is 24.6 Å². The minimum absolute atomic E-state index is 0.181. The second-order valence-corrected chi connectivity index (χ2v) is 10.6. The SMILES string of the molecule is C=CCn1c(=O)c2cnc(Nc3ccc(N4CCNCC4)c(C)c3)nc2n1C1CC=C2CCC(O)(CC)C2=N1. The Balaban J connectivity index is 1.36. The van der Waals surface area contributed by atoms with E-state index in [9.17, 15) is 9.90 Å². The van der Waals surface area contributed by atoms with Crippen LogP contribution in [0.4, 0.5) is 17.3 Å². The van der Waals surface area contributed by atoms with E-state index >= 15 is 0 Å². The average Bonchev–Trinajstić information content (AvgIpc) is 3.43. The highest BCUT2D eigenvalue weighted by atomic mass is 16.3. The zero-order valence-electron chi connectivity index (χ0n) is 22.7. The topological polar surface area (TPSA) is 113 Å². The quantitative estimate of drug-likeness (QED) is 0.403. The van der Waals surface area contributed by atoms with Gasteiger partial charge in [-0.15, -0.1) is 6.58 Å². The van der Waals surface area contributed by atoms with Crippen LogP contribution in [0.1, 0.15) is 44.3 Å². The minimum atomic E-state index is -0.923. The Morgan fingerprint density at radius 1 is 1.31 bits per heavy atom. The molecule has 0 radical (unpaired) electrons. The van der Waals surface area contributed by atoms with Gasteiger partial charge in [-0.3, -0.25) is 9.79 Å². The number of nitrogens with one attached hydrogen (secondary N) is 2. The van der Waals surface area contributed by atoms with Crippen LogP contribution in [-0.2, 0) is 6.54 Å². The summed E-state index contributed by atoms with van der Waals surface area (Å²) >= 11 is 0. The molecule has 10 nitrogen and oxygen atoms in total. The lowest BCUT2D eigenvalue weighted by molar-refractivity contribution is 0.108. The lowest BCUT2D eigenvalue weighted by atomic mass is 9.95. The number of aliphatic hydroxyl groups is 1. The van der Waals surface area contributed by atoms with Gasteiger partial charge in [-0.2, -0.15) is 4.98 Å². The number of rotatable bonds is 7. The zero-order chi connectivity index (χ0) is 27.1. The van der Waals surface area contributed by atoms with Crippen molar-refractivity contribution in [2.75, 3.05) is 36.4 Å². The molecule has 3 N–H and O–H groups in total. The molecule has 2 fully saturated rings. The predicted molar refractivity (Wildman–Crippen MR) is 155 cm³/mol. The number of fused-ring (bicyclic) bond motifs is 2. The van der Waals surface area contributed by atoms with Crippen molar-refractivity contribution in [3.63, 3.8) is 0 Å². The van der Waals surface area contributed by atoms with Crippen LogP contribution in [0.3, 0.4) is 0 Å². The molecule has 0 bridgehead atoms. The van der Waals surface area contributed by atoms with Crippen molar-refractivity contribution >= 4 is 34.1 Å². The van der Waals surface area contributed by atoms with Crippen LogP contribution in [0, 0.1) is 6.92 Å². The van der Waals surface area contributed by atoms with E-state index in [0.29, 0.717) is 42.8 Å². The lowest BCUT2D eigenvalue weighted by Crippen LogP contribution is -2.43. The Kier molecular flexibility index (Phi) is 6.60. The highest BCUT2D eigenvalue weighted by molar-refractivity contribution is 6.08. The molecule has 2 atom stereocenters. The largest absolute Gasteiger partial charge is 0.384 e. The number of allylic oxidation sites excluding steroid dienone is 1. The molecule has 204 valence electrons. The van der Waals surface area contributed by atoms with Crippen molar-refractivity contribution in [2.24, 2.45) is 4.99 Å². The normalized spacial score (nSPS) is 22.9. The lowest BCUT2D eigenvalue weighted by Gasteiger charge is -2.30. The first-order chi connectivity index (χ1) is 18.9. The average molecular weight is 529 g/mol. The molecule has 0 spiro atoms. The van der Waals surface area contributed by atoms with Crippen molar-refractivity contribution in [3.05, 3.63) is 64.6 Å². The maximum Gasteiger partial charge on any atom is 0.278 e. The maximum absolute atomic E-state index is 13.4. The molecule has 39 heavy (non-hydrogen) atoms. The molecule has 2 aromatic heterocycles. The second-order valence-electron chi connectivity index (χ2n) is 10.6. The van der Waals surface area contributed by atoms with E-state index in [4.69, 9.17) is 9.98 Å². The number of anilines is 3. The van der Waals surface area contributed by atoms with Gasteiger partial charge in [0.2, 0.25) is 5.95 Å². The molecule has 0 amide bonds. The summed E-state index contributed by atoms with van der Waals surface area (Å²) in [4.78, 5) is 30.0. The van der Waals surface area contributed by atoms with Crippen LogP contribution >= 0.6 is 0 Å². The first-order valence-corrected chi connectivity index (χ1v) is 13.8. The van der Waals surface area contributed by atoms with Crippen molar-refractivity contribution in [3.8, 4) is 0 Å². The standard InChI is InChI=1S/C29H36N8O2/c1-4-14-36-27(38)22-18-31-28(32-21-7-8-23(19(3)17-21)35-15-12-30-13-16-35)34-26(22)37(36)24-9-6-20-10-11-29(39,5-2)25(20)33-24/h4,6-8,17-18,24,30,39H,1,5,9-16H2,2-3H3,(H,31,32,34). The third-order valence-electron chi connectivity index (χ3n) is 8.20. The first kappa shape index (κ1) is 25.5. The van der Waals surface area contributed by atoms with Gasteiger partial charge in [0, 0.05) is 50.2 Å². The van der Waals surface area contributed by atoms with E-state index in [0.717, 1.165) is 49.6 Å². The maximum atomic E-state index is 13.4. The van der Waals surface area contributed by atoms with Gasteiger partial charge in [-0.05, 0) is 55.5 Å². The van der Waals surface area contributed by atoms with Gasteiger partial charge < -0.3 is 20.6 Å².